The molecule has 12 heavy (non-hydrogen) atoms. The fourth-order valence-electron chi connectivity index (χ4n) is 0.542. The van der Waals surface area contributed by atoms with Crippen LogP contribution in [0.5, 0.6) is 0 Å². The zero-order chi connectivity index (χ0) is 7.98. The van der Waals surface area contributed by atoms with E-state index in [0.717, 1.165) is 0 Å². The molecule has 3 nitrogen and oxygen atoms in total. The Labute approximate surface area is 76.1 Å². The zero-order valence-electron chi connectivity index (χ0n) is 6.72. The second kappa shape index (κ2) is 10.6. The number of hydrogen-bond donors (Lipinski definition) is 0. The van der Waals surface area contributed by atoms with Crippen molar-refractivity contribution >= 4 is 5.78 Å². The third-order valence-corrected chi connectivity index (χ3v) is 0.972. The Balaban J connectivity index is -0.000000405. The predicted molar refractivity (Wildman–Crippen MR) is 51.4 cm³/mol. The minimum absolute atomic E-state index is 0. The molecule has 0 fully saturated rings. The van der Waals surface area contributed by atoms with E-state index in [1.165, 1.54) is 6.92 Å². The van der Waals surface area contributed by atoms with Crippen molar-refractivity contribution in [3.05, 3.63) is 0 Å². The maximum absolute atomic E-state index is 10.4. The summed E-state index contributed by atoms with van der Waals surface area (Å²) in [6.45, 7) is 4.09. The molecule has 76 valence electrons. The minimum Gasteiger partial charge on any atom is -0.382 e. The fraction of sp³-hybridized carbons (Fsp3) is 0.889. The first kappa shape index (κ1) is 17.6. The van der Waals surface area contributed by atoms with E-state index in [9.17, 15) is 4.79 Å². The molecule has 0 heterocycles. The highest BCUT2D eigenvalue weighted by Gasteiger charge is 2.01. The van der Waals surface area contributed by atoms with E-state index in [1.807, 2.05) is 6.92 Å². The first-order valence-electron chi connectivity index (χ1n) is 3.26. The lowest BCUT2D eigenvalue weighted by molar-refractivity contribution is -0.124. The first-order chi connectivity index (χ1) is 4.66. The van der Waals surface area contributed by atoms with E-state index in [4.69, 9.17) is 9.47 Å². The summed E-state index contributed by atoms with van der Waals surface area (Å²) in [5.41, 5.74) is 0. The molecule has 1 unspecified atom stereocenters. The van der Waals surface area contributed by atoms with Gasteiger partial charge in [-0.25, -0.2) is 0 Å². The number of methoxy groups -OCH3 is 1. The lowest BCUT2D eigenvalue weighted by atomic mass is 10.4. The molecule has 0 saturated heterocycles. The quantitative estimate of drug-likeness (QED) is 0.645. The van der Waals surface area contributed by atoms with Crippen LogP contribution in [0.1, 0.15) is 28.7 Å². The van der Waals surface area contributed by atoms with Gasteiger partial charge < -0.3 is 9.47 Å². The summed E-state index contributed by atoms with van der Waals surface area (Å²) in [5, 5.41) is 0. The molecule has 0 radical (unpaired) electrons. The Kier molecular flexibility index (Phi) is 15.5. The van der Waals surface area contributed by atoms with Gasteiger partial charge in [0, 0.05) is 7.11 Å². The Bertz CT molecular complexity index is 102. The summed E-state index contributed by atoms with van der Waals surface area (Å²) in [7, 11) is 1.60. The van der Waals surface area contributed by atoms with E-state index >= 15 is 0 Å². The van der Waals surface area contributed by atoms with Gasteiger partial charge in [0.2, 0.25) is 0 Å². The van der Waals surface area contributed by atoms with Gasteiger partial charge in [0.25, 0.3) is 0 Å². The van der Waals surface area contributed by atoms with Crippen molar-refractivity contribution in [2.24, 2.45) is 0 Å². The largest absolute Gasteiger partial charge is 0.382 e. The normalized spacial score (nSPS) is 10.9. The molecule has 0 aromatic rings. The van der Waals surface area contributed by atoms with Crippen molar-refractivity contribution in [3.8, 4) is 0 Å². The standard InChI is InChI=1S/C7H14O3.2CH4/c1-6(8)4-10-7(2)5-9-3;;/h7H,4-5H2,1-3H3;2*1H4. The van der Waals surface area contributed by atoms with Crippen LogP contribution in [0.3, 0.4) is 0 Å². The average molecular weight is 178 g/mol. The van der Waals surface area contributed by atoms with Gasteiger partial charge in [0.05, 0.1) is 12.7 Å². The van der Waals surface area contributed by atoms with Crippen LogP contribution in [-0.2, 0) is 14.3 Å². The highest BCUT2D eigenvalue weighted by atomic mass is 16.5. The Morgan fingerprint density at radius 1 is 1.42 bits per heavy atom. The third kappa shape index (κ3) is 12.3. The van der Waals surface area contributed by atoms with Crippen LogP contribution in [0.25, 0.3) is 0 Å². The van der Waals surface area contributed by atoms with Crippen LogP contribution < -0.4 is 0 Å². The van der Waals surface area contributed by atoms with Crippen LogP contribution in [0, 0.1) is 0 Å². The number of ketones is 1. The molecule has 0 bridgehead atoms. The number of ether oxygens (including phenoxy) is 2. The molecule has 0 aliphatic heterocycles. The summed E-state index contributed by atoms with van der Waals surface area (Å²) in [6.07, 6.45) is 0.00824. The van der Waals surface area contributed by atoms with E-state index in [2.05, 4.69) is 0 Å². The second-order valence-corrected chi connectivity index (χ2v) is 2.28. The average Bonchev–Trinajstić information content (AvgIpc) is 1.85. The van der Waals surface area contributed by atoms with Gasteiger partial charge in [-0.15, -0.1) is 0 Å². The van der Waals surface area contributed by atoms with Gasteiger partial charge in [-0.3, -0.25) is 4.79 Å². The first-order valence-corrected chi connectivity index (χ1v) is 3.26. The Hall–Kier alpha value is -0.410. The van der Waals surface area contributed by atoms with Crippen LogP contribution in [0.4, 0.5) is 0 Å². The van der Waals surface area contributed by atoms with E-state index in [1.54, 1.807) is 7.11 Å². The van der Waals surface area contributed by atoms with Gasteiger partial charge in [-0.05, 0) is 13.8 Å². The number of carbonyl (C=O) groups is 1. The Morgan fingerprint density at radius 3 is 2.25 bits per heavy atom. The molecule has 0 saturated carbocycles. The zero-order valence-corrected chi connectivity index (χ0v) is 6.72. The minimum atomic E-state index is 0. The summed E-state index contributed by atoms with van der Waals surface area (Å²) >= 11 is 0. The van der Waals surface area contributed by atoms with Gasteiger partial charge in [0.15, 0.2) is 5.78 Å². The van der Waals surface area contributed by atoms with Crippen LogP contribution in [-0.4, -0.2) is 32.2 Å². The van der Waals surface area contributed by atoms with Crippen LogP contribution in [0.15, 0.2) is 0 Å². The van der Waals surface area contributed by atoms with Crippen molar-refractivity contribution in [2.45, 2.75) is 34.8 Å². The molecular formula is C9H22O3. The number of rotatable bonds is 5. The van der Waals surface area contributed by atoms with E-state index in [-0.39, 0.29) is 33.3 Å². The second-order valence-electron chi connectivity index (χ2n) is 2.28. The molecule has 3 heteroatoms. The van der Waals surface area contributed by atoms with E-state index < -0.39 is 0 Å². The third-order valence-electron chi connectivity index (χ3n) is 0.972. The van der Waals surface area contributed by atoms with E-state index in [0.29, 0.717) is 6.61 Å². The highest BCUT2D eigenvalue weighted by Crippen LogP contribution is 1.90. The molecule has 0 spiro atoms. The van der Waals surface area contributed by atoms with Crippen molar-refractivity contribution in [1.29, 1.82) is 0 Å². The smallest absolute Gasteiger partial charge is 0.155 e. The monoisotopic (exact) mass is 178 g/mol. The van der Waals surface area contributed by atoms with Gasteiger partial charge in [-0.1, -0.05) is 14.9 Å². The van der Waals surface area contributed by atoms with Crippen molar-refractivity contribution in [3.63, 3.8) is 0 Å². The number of hydrogen-bond acceptors (Lipinski definition) is 3. The summed E-state index contributed by atoms with van der Waals surface area (Å²) in [6, 6.07) is 0. The molecule has 0 aliphatic carbocycles. The fourth-order valence-corrected chi connectivity index (χ4v) is 0.542. The maximum Gasteiger partial charge on any atom is 0.155 e. The van der Waals surface area contributed by atoms with Gasteiger partial charge in [0.1, 0.15) is 6.61 Å². The van der Waals surface area contributed by atoms with Gasteiger partial charge >= 0.3 is 0 Å². The molecule has 0 amide bonds. The van der Waals surface area contributed by atoms with Gasteiger partial charge in [-0.2, -0.15) is 0 Å². The number of carbonyl (C=O) groups excluding carboxylic acids is 1. The lowest BCUT2D eigenvalue weighted by Gasteiger charge is -2.09. The molecule has 0 aromatic carbocycles. The lowest BCUT2D eigenvalue weighted by Crippen LogP contribution is -2.18. The molecule has 0 rings (SSSR count). The molecule has 0 aromatic heterocycles. The molecule has 1 atom stereocenters. The summed E-state index contributed by atoms with van der Waals surface area (Å²) in [5.74, 6) is 0.0444. The van der Waals surface area contributed by atoms with Crippen molar-refractivity contribution in [1.82, 2.24) is 0 Å². The molecule has 0 N–H and O–H groups in total. The maximum atomic E-state index is 10.4. The highest BCUT2D eigenvalue weighted by molar-refractivity contribution is 5.76. The van der Waals surface area contributed by atoms with Crippen molar-refractivity contribution < 1.29 is 14.3 Å². The predicted octanol–water partition coefficient (Wildman–Crippen LogP) is 1.90. The van der Waals surface area contributed by atoms with Crippen LogP contribution in [0.2, 0.25) is 0 Å². The Morgan fingerprint density at radius 2 is 1.92 bits per heavy atom. The van der Waals surface area contributed by atoms with Crippen molar-refractivity contribution in [2.75, 3.05) is 20.3 Å². The van der Waals surface area contributed by atoms with Crippen LogP contribution >= 0.6 is 0 Å². The number of Topliss-reactive ketones (excluding diaryl/α,β-unsaturated/α-hetero) is 1. The molecular weight excluding hydrogens is 156 g/mol. The topological polar surface area (TPSA) is 35.5 Å². The summed E-state index contributed by atoms with van der Waals surface area (Å²) < 4.78 is 9.87. The molecule has 0 aliphatic rings. The summed E-state index contributed by atoms with van der Waals surface area (Å²) in [4.78, 5) is 10.4. The SMILES string of the molecule is C.C.COCC(C)OCC(C)=O.